The van der Waals surface area contributed by atoms with Gasteiger partial charge in [-0.25, -0.2) is 0 Å². The summed E-state index contributed by atoms with van der Waals surface area (Å²) >= 11 is 0. The van der Waals surface area contributed by atoms with E-state index in [0.29, 0.717) is 0 Å². The van der Waals surface area contributed by atoms with Crippen LogP contribution >= 0.6 is 0 Å². The molecule has 2 heteroatoms. The zero-order valence-electron chi connectivity index (χ0n) is 10.7. The normalized spacial score (nSPS) is 9.12. The fourth-order valence-corrected chi connectivity index (χ4v) is 1.13. The molecule has 88 valence electrons. The van der Waals surface area contributed by atoms with Gasteiger partial charge in [-0.1, -0.05) is 32.6 Å². The van der Waals surface area contributed by atoms with Gasteiger partial charge in [0.05, 0.1) is 0 Å². The Morgan fingerprint density at radius 1 is 1.38 bits per heavy atom. The van der Waals surface area contributed by atoms with E-state index in [9.17, 15) is 0 Å². The lowest BCUT2D eigenvalue weighted by Crippen LogP contribution is -1.84. The quantitative estimate of drug-likeness (QED) is 0.584. The SMILES string of the molecule is C=C/C(=C\C)c1ccnc(C)c1.C=N.CC. The Kier molecular flexibility index (Phi) is 11.9. The summed E-state index contributed by atoms with van der Waals surface area (Å²) in [6.45, 7) is 14.2. The van der Waals surface area contributed by atoms with Crippen molar-refractivity contribution >= 4 is 12.3 Å². The van der Waals surface area contributed by atoms with Gasteiger partial charge in [0.25, 0.3) is 0 Å². The number of rotatable bonds is 2. The Hall–Kier alpha value is -1.70. The number of allylic oxidation sites excluding steroid dienone is 3. The van der Waals surface area contributed by atoms with Crippen LogP contribution in [0.15, 0.2) is 37.1 Å². The lowest BCUT2D eigenvalue weighted by molar-refractivity contribution is 1.19. The predicted octanol–water partition coefficient (Wildman–Crippen LogP) is 4.27. The van der Waals surface area contributed by atoms with Crippen LogP contribution in [0.5, 0.6) is 0 Å². The summed E-state index contributed by atoms with van der Waals surface area (Å²) in [7, 11) is 0. The van der Waals surface area contributed by atoms with Gasteiger partial charge in [-0.2, -0.15) is 0 Å². The van der Waals surface area contributed by atoms with E-state index in [1.807, 2.05) is 52.1 Å². The summed E-state index contributed by atoms with van der Waals surface area (Å²) in [5.41, 5.74) is 3.37. The number of aromatic nitrogens is 1. The average Bonchev–Trinajstić information content (AvgIpc) is 2.36. The van der Waals surface area contributed by atoms with E-state index in [1.54, 1.807) is 0 Å². The fraction of sp³-hybridized carbons (Fsp3) is 0.286. The molecule has 1 heterocycles. The van der Waals surface area contributed by atoms with E-state index < -0.39 is 0 Å². The molecule has 1 N–H and O–H groups in total. The van der Waals surface area contributed by atoms with Gasteiger partial charge in [0.2, 0.25) is 0 Å². The molecule has 0 saturated heterocycles. The Morgan fingerprint density at radius 3 is 2.31 bits per heavy atom. The van der Waals surface area contributed by atoms with Crippen molar-refractivity contribution in [3.63, 3.8) is 0 Å². The first-order valence-corrected chi connectivity index (χ1v) is 5.35. The molecular formula is C14H22N2. The van der Waals surface area contributed by atoms with Crippen molar-refractivity contribution in [3.05, 3.63) is 48.3 Å². The number of hydrogen-bond acceptors (Lipinski definition) is 2. The lowest BCUT2D eigenvalue weighted by Gasteiger charge is -2.01. The van der Waals surface area contributed by atoms with Gasteiger partial charge < -0.3 is 5.41 Å². The first kappa shape index (κ1) is 16.7. The van der Waals surface area contributed by atoms with Crippen molar-refractivity contribution in [2.75, 3.05) is 0 Å². The highest BCUT2D eigenvalue weighted by molar-refractivity contribution is 5.73. The molecule has 0 fully saturated rings. The second-order valence-corrected chi connectivity index (χ2v) is 2.63. The molecule has 0 bridgehead atoms. The fourth-order valence-electron chi connectivity index (χ4n) is 1.13. The number of nitrogens with zero attached hydrogens (tertiary/aromatic N) is 1. The van der Waals surface area contributed by atoms with E-state index in [2.05, 4.69) is 24.3 Å². The smallest absolute Gasteiger partial charge is 0.0378 e. The molecule has 1 rings (SSSR count). The van der Waals surface area contributed by atoms with Gasteiger partial charge in [-0.3, -0.25) is 4.98 Å². The van der Waals surface area contributed by atoms with Crippen LogP contribution in [-0.4, -0.2) is 11.7 Å². The second kappa shape index (κ2) is 11.4. The number of nitrogens with one attached hydrogen (secondary N) is 1. The van der Waals surface area contributed by atoms with Crippen LogP contribution in [0.2, 0.25) is 0 Å². The largest absolute Gasteiger partial charge is 0.317 e. The van der Waals surface area contributed by atoms with Crippen molar-refractivity contribution in [1.82, 2.24) is 4.98 Å². The number of pyridine rings is 1. The third kappa shape index (κ3) is 5.91. The van der Waals surface area contributed by atoms with E-state index >= 15 is 0 Å². The molecule has 1 aromatic rings. The molecule has 0 saturated carbocycles. The molecule has 0 aromatic carbocycles. The van der Waals surface area contributed by atoms with Crippen LogP contribution < -0.4 is 0 Å². The molecule has 0 aliphatic rings. The molecule has 0 spiro atoms. The van der Waals surface area contributed by atoms with Crippen molar-refractivity contribution in [2.45, 2.75) is 27.7 Å². The van der Waals surface area contributed by atoms with E-state index in [1.165, 1.54) is 5.56 Å². The summed E-state index contributed by atoms with van der Waals surface area (Å²) in [6, 6.07) is 4.04. The van der Waals surface area contributed by atoms with E-state index in [0.717, 1.165) is 11.3 Å². The summed E-state index contributed by atoms with van der Waals surface area (Å²) in [4.78, 5) is 4.13. The molecule has 0 aliphatic carbocycles. The maximum atomic E-state index is 5.50. The molecule has 1 aromatic heterocycles. The minimum atomic E-state index is 1.04. The average molecular weight is 218 g/mol. The lowest BCUT2D eigenvalue weighted by atomic mass is 10.1. The summed E-state index contributed by atoms with van der Waals surface area (Å²) < 4.78 is 0. The first-order valence-electron chi connectivity index (χ1n) is 5.35. The molecular weight excluding hydrogens is 196 g/mol. The zero-order valence-corrected chi connectivity index (χ0v) is 10.7. The molecule has 0 radical (unpaired) electrons. The van der Waals surface area contributed by atoms with Gasteiger partial charge in [-0.05, 0) is 43.8 Å². The maximum Gasteiger partial charge on any atom is 0.0378 e. The van der Waals surface area contributed by atoms with Crippen LogP contribution in [0.25, 0.3) is 5.57 Å². The van der Waals surface area contributed by atoms with E-state index in [4.69, 9.17) is 5.41 Å². The van der Waals surface area contributed by atoms with Gasteiger partial charge in [0.1, 0.15) is 0 Å². The Labute approximate surface area is 99.3 Å². The highest BCUT2D eigenvalue weighted by atomic mass is 14.6. The Morgan fingerprint density at radius 2 is 1.94 bits per heavy atom. The number of aryl methyl sites for hydroxylation is 1. The topological polar surface area (TPSA) is 36.7 Å². The molecule has 2 nitrogen and oxygen atoms in total. The van der Waals surface area contributed by atoms with Crippen molar-refractivity contribution < 1.29 is 0 Å². The number of hydrogen-bond donors (Lipinski definition) is 1. The van der Waals surface area contributed by atoms with Crippen LogP contribution in [0.4, 0.5) is 0 Å². The molecule has 0 aliphatic heterocycles. The Bertz CT molecular complexity index is 327. The monoisotopic (exact) mass is 218 g/mol. The van der Waals surface area contributed by atoms with Crippen molar-refractivity contribution in [2.24, 2.45) is 0 Å². The summed E-state index contributed by atoms with van der Waals surface area (Å²) in [6.07, 6.45) is 5.72. The molecule has 0 unspecified atom stereocenters. The maximum absolute atomic E-state index is 5.50. The minimum Gasteiger partial charge on any atom is -0.317 e. The summed E-state index contributed by atoms with van der Waals surface area (Å²) in [5.74, 6) is 0. The highest BCUT2D eigenvalue weighted by Crippen LogP contribution is 2.14. The van der Waals surface area contributed by atoms with Gasteiger partial charge in [0, 0.05) is 11.9 Å². The molecule has 0 amide bonds. The van der Waals surface area contributed by atoms with Crippen molar-refractivity contribution in [1.29, 1.82) is 5.41 Å². The molecule has 16 heavy (non-hydrogen) atoms. The standard InChI is InChI=1S/C11H13N.C2H6.CH3N/c1-4-10(5-2)11-6-7-12-9(3)8-11;2*1-2/h4-8H,1H2,2-3H3;1-2H3;2H,1H2/b10-5+;;. The third-order valence-electron chi connectivity index (χ3n) is 1.76. The van der Waals surface area contributed by atoms with Gasteiger partial charge in [-0.15, -0.1) is 0 Å². The predicted molar refractivity (Wildman–Crippen MR) is 74.0 cm³/mol. The third-order valence-corrected chi connectivity index (χ3v) is 1.76. The molecule has 0 atom stereocenters. The zero-order chi connectivity index (χ0) is 13.0. The minimum absolute atomic E-state index is 1.04. The highest BCUT2D eigenvalue weighted by Gasteiger charge is 1.95. The van der Waals surface area contributed by atoms with Crippen molar-refractivity contribution in [3.8, 4) is 0 Å². The Balaban J connectivity index is 0. The van der Waals surface area contributed by atoms with Crippen LogP contribution in [0, 0.1) is 12.3 Å². The van der Waals surface area contributed by atoms with Crippen LogP contribution in [0.3, 0.4) is 0 Å². The van der Waals surface area contributed by atoms with Crippen LogP contribution in [0.1, 0.15) is 32.0 Å². The summed E-state index contributed by atoms with van der Waals surface area (Å²) in [5, 5.41) is 5.50. The first-order chi connectivity index (χ1) is 7.77. The van der Waals surface area contributed by atoms with Gasteiger partial charge in [0.15, 0.2) is 0 Å². The van der Waals surface area contributed by atoms with Gasteiger partial charge >= 0.3 is 0 Å². The second-order valence-electron chi connectivity index (χ2n) is 2.63. The van der Waals surface area contributed by atoms with E-state index in [-0.39, 0.29) is 0 Å². The van der Waals surface area contributed by atoms with Crippen LogP contribution in [-0.2, 0) is 0 Å².